The van der Waals surface area contributed by atoms with Gasteiger partial charge in [0.2, 0.25) is 11.1 Å². The van der Waals surface area contributed by atoms with E-state index < -0.39 is 11.7 Å². The van der Waals surface area contributed by atoms with Crippen molar-refractivity contribution in [3.8, 4) is 17.4 Å². The zero-order valence-electron chi connectivity index (χ0n) is 13.6. The summed E-state index contributed by atoms with van der Waals surface area (Å²) in [5.41, 5.74) is 3.08. The molecule has 0 aliphatic carbocycles. The summed E-state index contributed by atoms with van der Waals surface area (Å²) in [5.74, 6) is -1.37. The highest BCUT2D eigenvalue weighted by atomic mass is 35.5. The number of phenolic OH excluding ortho intramolecular Hbond substituents is 1. The minimum absolute atomic E-state index is 0.115. The highest BCUT2D eigenvalue weighted by molar-refractivity contribution is 6.28. The average Bonchev–Trinajstić information content (AvgIpc) is 2.66. The number of nitrogens with zero attached hydrogens (tertiary/aromatic N) is 3. The smallest absolute Gasteiger partial charge is 0.275 e. The minimum atomic E-state index is -0.739. The van der Waals surface area contributed by atoms with Gasteiger partial charge in [-0.25, -0.2) is 10.4 Å². The second-order valence-electron chi connectivity index (χ2n) is 5.18. The van der Waals surface area contributed by atoms with E-state index in [4.69, 9.17) is 16.3 Å². The van der Waals surface area contributed by atoms with Crippen LogP contribution in [0.15, 0.2) is 59.8 Å². The normalized spacial score (nSPS) is 10.7. The molecular formula is C18H12ClFN4O3. The number of rotatable bonds is 5. The number of ether oxygens (including phenoxy) is 1. The van der Waals surface area contributed by atoms with Gasteiger partial charge < -0.3 is 9.84 Å². The monoisotopic (exact) mass is 386 g/mol. The first kappa shape index (κ1) is 18.3. The van der Waals surface area contributed by atoms with Crippen LogP contribution in [0.4, 0.5) is 4.39 Å². The molecule has 0 spiro atoms. The van der Waals surface area contributed by atoms with Crippen LogP contribution in [0.2, 0.25) is 5.28 Å². The number of aromatic hydroxyl groups is 1. The highest BCUT2D eigenvalue weighted by Gasteiger charge is 2.09. The van der Waals surface area contributed by atoms with Crippen LogP contribution < -0.4 is 10.2 Å². The number of aromatic nitrogens is 2. The molecule has 0 radical (unpaired) electrons. The predicted octanol–water partition coefficient (Wildman–Crippen LogP) is 3.53. The molecule has 0 atom stereocenters. The number of hydrazone groups is 1. The lowest BCUT2D eigenvalue weighted by molar-refractivity contribution is 0.0952. The van der Waals surface area contributed by atoms with Crippen molar-refractivity contribution in [2.75, 3.05) is 0 Å². The molecule has 1 heterocycles. The zero-order valence-corrected chi connectivity index (χ0v) is 14.4. The maximum absolute atomic E-state index is 13.6. The number of benzene rings is 2. The third-order valence-corrected chi connectivity index (χ3v) is 3.49. The summed E-state index contributed by atoms with van der Waals surface area (Å²) in [6.45, 7) is 0. The predicted molar refractivity (Wildman–Crippen MR) is 96.7 cm³/mol. The minimum Gasteiger partial charge on any atom is -0.507 e. The first-order valence-corrected chi connectivity index (χ1v) is 7.98. The van der Waals surface area contributed by atoms with Crippen molar-refractivity contribution in [1.82, 2.24) is 15.4 Å². The van der Waals surface area contributed by atoms with E-state index in [1.807, 2.05) is 0 Å². The van der Waals surface area contributed by atoms with Crippen LogP contribution in [0, 0.1) is 5.82 Å². The van der Waals surface area contributed by atoms with Crippen LogP contribution in [0.1, 0.15) is 15.9 Å². The van der Waals surface area contributed by atoms with Crippen LogP contribution in [0.5, 0.6) is 17.4 Å². The Hall–Kier alpha value is -3.52. The number of carbonyl (C=O) groups excluding carboxylic acids is 1. The van der Waals surface area contributed by atoms with Gasteiger partial charge in [0.25, 0.3) is 11.8 Å². The molecule has 7 nitrogen and oxygen atoms in total. The molecule has 136 valence electrons. The summed E-state index contributed by atoms with van der Waals surface area (Å²) in [5, 5.41) is 13.3. The van der Waals surface area contributed by atoms with E-state index >= 15 is 0 Å². The molecule has 0 aliphatic heterocycles. The van der Waals surface area contributed by atoms with Gasteiger partial charge in [0.05, 0.1) is 18.0 Å². The van der Waals surface area contributed by atoms with Crippen LogP contribution >= 0.6 is 11.6 Å². The molecule has 1 aromatic heterocycles. The van der Waals surface area contributed by atoms with Gasteiger partial charge in [0, 0.05) is 0 Å². The number of para-hydroxylation sites is 1. The second-order valence-corrected chi connectivity index (χ2v) is 5.52. The van der Waals surface area contributed by atoms with Gasteiger partial charge in [0.1, 0.15) is 11.5 Å². The molecule has 9 heteroatoms. The fraction of sp³-hybridized carbons (Fsp3) is 0. The Morgan fingerprint density at radius 2 is 1.96 bits per heavy atom. The van der Waals surface area contributed by atoms with Gasteiger partial charge in [-0.1, -0.05) is 12.1 Å². The molecule has 2 aromatic carbocycles. The number of carbonyl (C=O) groups is 1. The molecule has 27 heavy (non-hydrogen) atoms. The Morgan fingerprint density at radius 1 is 1.22 bits per heavy atom. The van der Waals surface area contributed by atoms with Gasteiger partial charge in [-0.05, 0) is 53.6 Å². The number of phenols is 1. The molecule has 3 aromatic rings. The van der Waals surface area contributed by atoms with E-state index in [-0.39, 0.29) is 22.5 Å². The Balaban J connectivity index is 1.62. The number of hydrogen-bond donors (Lipinski definition) is 2. The number of nitrogens with one attached hydrogen (secondary N) is 1. The molecular weight excluding hydrogens is 375 g/mol. The van der Waals surface area contributed by atoms with Crippen LogP contribution in [-0.2, 0) is 0 Å². The maximum Gasteiger partial charge on any atom is 0.275 e. The van der Waals surface area contributed by atoms with Crippen molar-refractivity contribution in [3.63, 3.8) is 0 Å². The number of hydrogen-bond acceptors (Lipinski definition) is 6. The van der Waals surface area contributed by atoms with Crippen LogP contribution in [0.25, 0.3) is 0 Å². The molecule has 0 saturated heterocycles. The summed E-state index contributed by atoms with van der Waals surface area (Å²) < 4.78 is 18.9. The fourth-order valence-corrected chi connectivity index (χ4v) is 2.15. The Labute approximate surface area is 158 Å². The lowest BCUT2D eigenvalue weighted by Crippen LogP contribution is -2.17. The van der Waals surface area contributed by atoms with Gasteiger partial charge in [-0.15, -0.1) is 0 Å². The lowest BCUT2D eigenvalue weighted by atomic mass is 10.2. The largest absolute Gasteiger partial charge is 0.507 e. The van der Waals surface area contributed by atoms with E-state index in [9.17, 15) is 14.3 Å². The van der Waals surface area contributed by atoms with Gasteiger partial charge >= 0.3 is 0 Å². The summed E-state index contributed by atoms with van der Waals surface area (Å²) in [7, 11) is 0. The third-order valence-electron chi connectivity index (χ3n) is 3.31. The highest BCUT2D eigenvalue weighted by Crippen LogP contribution is 2.23. The van der Waals surface area contributed by atoms with Gasteiger partial charge in [0.15, 0.2) is 0 Å². The first-order chi connectivity index (χ1) is 13.0. The number of halogens is 2. The molecule has 0 fully saturated rings. The SMILES string of the molecule is O=C(N/N=C\c1ccc(Oc2nc(Cl)ncc2F)cc1)c1ccccc1O. The van der Waals surface area contributed by atoms with E-state index in [1.165, 1.54) is 18.3 Å². The zero-order chi connectivity index (χ0) is 19.2. The van der Waals surface area contributed by atoms with Crippen LogP contribution in [0.3, 0.4) is 0 Å². The topological polar surface area (TPSA) is 96.7 Å². The fourth-order valence-electron chi connectivity index (χ4n) is 2.03. The molecule has 0 unspecified atom stereocenters. The van der Waals surface area contributed by atoms with E-state index in [1.54, 1.807) is 36.4 Å². The summed E-state index contributed by atoms with van der Waals surface area (Å²) in [4.78, 5) is 19.1. The second kappa shape index (κ2) is 8.24. The van der Waals surface area contributed by atoms with Crippen molar-refractivity contribution in [2.24, 2.45) is 5.10 Å². The van der Waals surface area contributed by atoms with Crippen molar-refractivity contribution in [1.29, 1.82) is 0 Å². The van der Waals surface area contributed by atoms with Crippen molar-refractivity contribution in [2.45, 2.75) is 0 Å². The lowest BCUT2D eigenvalue weighted by Gasteiger charge is -2.05. The Bertz CT molecular complexity index is 996. The van der Waals surface area contributed by atoms with E-state index in [0.717, 1.165) is 6.20 Å². The molecule has 1 amide bonds. The Morgan fingerprint density at radius 3 is 2.70 bits per heavy atom. The maximum atomic E-state index is 13.6. The standard InChI is InChI=1S/C18H12ClFN4O3/c19-18-21-10-14(20)17(23-18)27-12-7-5-11(6-8-12)9-22-24-16(26)13-3-1-2-4-15(13)25/h1-10,25H,(H,24,26)/b22-9-. The molecule has 0 saturated carbocycles. The summed E-state index contributed by atoms with van der Waals surface area (Å²) in [6.07, 6.45) is 2.32. The summed E-state index contributed by atoms with van der Waals surface area (Å²) >= 11 is 5.61. The van der Waals surface area contributed by atoms with E-state index in [2.05, 4.69) is 20.5 Å². The van der Waals surface area contributed by atoms with Crippen molar-refractivity contribution in [3.05, 3.63) is 77.0 Å². The summed E-state index contributed by atoms with van der Waals surface area (Å²) in [6, 6.07) is 12.6. The van der Waals surface area contributed by atoms with Crippen molar-refractivity contribution < 1.29 is 19.0 Å². The third kappa shape index (κ3) is 4.77. The molecule has 2 N–H and O–H groups in total. The molecule has 0 bridgehead atoms. The molecule has 3 rings (SSSR count). The van der Waals surface area contributed by atoms with Gasteiger partial charge in [-0.2, -0.15) is 14.5 Å². The Kier molecular flexibility index (Phi) is 5.58. The average molecular weight is 387 g/mol. The van der Waals surface area contributed by atoms with Crippen LogP contribution in [-0.4, -0.2) is 27.2 Å². The molecule has 0 aliphatic rings. The quantitative estimate of drug-likeness (QED) is 0.397. The van der Waals surface area contributed by atoms with E-state index in [0.29, 0.717) is 11.3 Å². The number of amides is 1. The van der Waals surface area contributed by atoms with Crippen molar-refractivity contribution >= 4 is 23.7 Å². The first-order valence-electron chi connectivity index (χ1n) is 7.60. The van der Waals surface area contributed by atoms with Gasteiger partial charge in [-0.3, -0.25) is 4.79 Å².